The molecule has 9 heteroatoms. The molecule has 0 saturated carbocycles. The molecule has 0 aromatic heterocycles. The van der Waals surface area contributed by atoms with Gasteiger partial charge in [0.05, 0.1) is 22.8 Å². The van der Waals surface area contributed by atoms with Crippen LogP contribution in [0.3, 0.4) is 0 Å². The van der Waals surface area contributed by atoms with E-state index in [9.17, 15) is 14.7 Å². The number of methoxy groups -OCH3 is 2. The number of aliphatic carboxylic acids is 1. The van der Waals surface area contributed by atoms with Crippen molar-refractivity contribution in [3.05, 3.63) is 98.3 Å². The summed E-state index contributed by atoms with van der Waals surface area (Å²) in [7, 11) is 2.83. The predicted molar refractivity (Wildman–Crippen MR) is 134 cm³/mol. The molecule has 1 unspecified atom stereocenters. The third kappa shape index (κ3) is 6.13. The van der Waals surface area contributed by atoms with Crippen molar-refractivity contribution in [2.24, 2.45) is 0 Å². The summed E-state index contributed by atoms with van der Waals surface area (Å²) >= 11 is 12.4. The molecule has 0 saturated heterocycles. The molecule has 1 heterocycles. The molecule has 0 aliphatic carbocycles. The Morgan fingerprint density at radius 3 is 2.43 bits per heavy atom. The van der Waals surface area contributed by atoms with Gasteiger partial charge in [0.1, 0.15) is 6.61 Å². The molecule has 1 atom stereocenters. The van der Waals surface area contributed by atoms with Gasteiger partial charge >= 0.3 is 11.9 Å². The van der Waals surface area contributed by atoms with E-state index in [1.54, 1.807) is 49.4 Å². The molecule has 0 bridgehead atoms. The Bertz CT molecular complexity index is 1200. The van der Waals surface area contributed by atoms with Gasteiger partial charge < -0.3 is 24.6 Å². The van der Waals surface area contributed by atoms with Crippen LogP contribution in [-0.4, -0.2) is 44.2 Å². The number of hydrogen-bond donors (Lipinski definition) is 2. The van der Waals surface area contributed by atoms with E-state index in [1.165, 1.54) is 14.2 Å². The molecule has 0 radical (unpaired) electrons. The fraction of sp³-hybridized carbons (Fsp3) is 0.231. The van der Waals surface area contributed by atoms with Crippen molar-refractivity contribution in [2.45, 2.75) is 19.1 Å². The van der Waals surface area contributed by atoms with Crippen molar-refractivity contribution in [3.63, 3.8) is 0 Å². The number of allylic oxidation sites excluding steroid dienone is 1. The molecule has 0 spiro atoms. The smallest absolute Gasteiger partial charge is 0.337 e. The Labute approximate surface area is 213 Å². The van der Waals surface area contributed by atoms with Crippen LogP contribution in [0.1, 0.15) is 24.0 Å². The van der Waals surface area contributed by atoms with Crippen LogP contribution in [0.25, 0.3) is 6.08 Å². The molecule has 35 heavy (non-hydrogen) atoms. The molecule has 7 nitrogen and oxygen atoms in total. The van der Waals surface area contributed by atoms with Crippen LogP contribution in [-0.2, 0) is 23.8 Å². The molecular weight excluding hydrogens is 493 g/mol. The van der Waals surface area contributed by atoms with Gasteiger partial charge in [0.2, 0.25) is 0 Å². The zero-order valence-electron chi connectivity index (χ0n) is 19.4. The van der Waals surface area contributed by atoms with Gasteiger partial charge in [-0.2, -0.15) is 0 Å². The molecule has 2 N–H and O–H groups in total. The average Bonchev–Trinajstić information content (AvgIpc) is 2.82. The molecule has 2 aromatic carbocycles. The summed E-state index contributed by atoms with van der Waals surface area (Å²) in [5.41, 5.74) is 1.91. The van der Waals surface area contributed by atoms with E-state index in [0.29, 0.717) is 21.3 Å². The second-order valence-electron chi connectivity index (χ2n) is 7.61. The third-order valence-corrected chi connectivity index (χ3v) is 5.98. The third-order valence-electron chi connectivity index (χ3n) is 5.40. The Kier molecular flexibility index (Phi) is 9.12. The number of nitrogens with one attached hydrogen (secondary N) is 1. The lowest BCUT2D eigenvalue weighted by Gasteiger charge is -2.33. The number of carboxylic acid groups (broad SMARTS) is 1. The minimum absolute atomic E-state index is 0.0134. The predicted octanol–water partition coefficient (Wildman–Crippen LogP) is 5.17. The summed E-state index contributed by atoms with van der Waals surface area (Å²) in [6.45, 7) is 1.54. The first-order valence-corrected chi connectivity index (χ1v) is 11.4. The maximum Gasteiger partial charge on any atom is 0.337 e. The van der Waals surface area contributed by atoms with E-state index in [-0.39, 0.29) is 23.5 Å². The number of halogens is 2. The van der Waals surface area contributed by atoms with E-state index in [4.69, 9.17) is 37.4 Å². The number of carbonyl (C=O) groups is 2. The van der Waals surface area contributed by atoms with Crippen LogP contribution < -0.4 is 5.32 Å². The van der Waals surface area contributed by atoms with Crippen molar-refractivity contribution in [3.8, 4) is 0 Å². The largest absolute Gasteiger partial charge is 0.478 e. The standard InChI is InChI=1S/C26H25Cl2NO6/c1-15-20(24(30)31)21(17-9-6-11-18(27)14-17)22(23(29-15)26(33-2)34-3)25(32)35-13-7-10-16-8-4-5-12-19(16)28/h4-12,14,21,26,29H,13H2,1-3H3,(H,30,31)/b10-7+. The number of hydrogen-bond acceptors (Lipinski definition) is 6. The highest BCUT2D eigenvalue weighted by atomic mass is 35.5. The van der Waals surface area contributed by atoms with E-state index in [0.717, 1.165) is 5.56 Å². The van der Waals surface area contributed by atoms with Gasteiger partial charge in [-0.15, -0.1) is 0 Å². The Hall–Kier alpha value is -3.10. The highest BCUT2D eigenvalue weighted by Crippen LogP contribution is 2.40. The maximum absolute atomic E-state index is 13.4. The summed E-state index contributed by atoms with van der Waals surface area (Å²) in [5, 5.41) is 14.0. The molecule has 1 aliphatic heterocycles. The van der Waals surface area contributed by atoms with Gasteiger partial charge in [0.25, 0.3) is 0 Å². The Morgan fingerprint density at radius 1 is 1.09 bits per heavy atom. The van der Waals surface area contributed by atoms with Crippen LogP contribution in [0.4, 0.5) is 0 Å². The fourth-order valence-corrected chi connectivity index (χ4v) is 4.29. The van der Waals surface area contributed by atoms with Gasteiger partial charge in [-0.1, -0.05) is 59.6 Å². The molecular formula is C26H25Cl2NO6. The summed E-state index contributed by atoms with van der Waals surface area (Å²) in [6.07, 6.45) is 2.41. The van der Waals surface area contributed by atoms with Crippen LogP contribution >= 0.6 is 23.2 Å². The number of carbonyl (C=O) groups excluding carboxylic acids is 1. The SMILES string of the molecule is COC(OC)C1=C(C(=O)OC/C=C/c2ccccc2Cl)C(c2cccc(Cl)c2)C(C(=O)O)=C(C)N1. The van der Waals surface area contributed by atoms with Gasteiger partial charge in [-0.25, -0.2) is 9.59 Å². The maximum atomic E-state index is 13.4. The zero-order valence-corrected chi connectivity index (χ0v) is 20.9. The van der Waals surface area contributed by atoms with Crippen LogP contribution in [0.5, 0.6) is 0 Å². The van der Waals surface area contributed by atoms with Crippen molar-refractivity contribution in [2.75, 3.05) is 20.8 Å². The lowest BCUT2D eigenvalue weighted by Crippen LogP contribution is -2.38. The van der Waals surface area contributed by atoms with Gasteiger partial charge in [-0.05, 0) is 42.3 Å². The molecule has 0 amide bonds. The first kappa shape index (κ1) is 26.5. The first-order valence-electron chi connectivity index (χ1n) is 10.6. The van der Waals surface area contributed by atoms with E-state index < -0.39 is 24.1 Å². The quantitative estimate of drug-likeness (QED) is 0.350. The van der Waals surface area contributed by atoms with Crippen LogP contribution in [0.2, 0.25) is 10.0 Å². The summed E-state index contributed by atoms with van der Waals surface area (Å²) in [5.74, 6) is -2.89. The number of dihydropyridines is 1. The van der Waals surface area contributed by atoms with Crippen molar-refractivity contribution < 1.29 is 28.9 Å². The van der Waals surface area contributed by atoms with E-state index in [2.05, 4.69) is 5.32 Å². The molecule has 2 aromatic rings. The minimum Gasteiger partial charge on any atom is -0.478 e. The molecule has 1 aliphatic rings. The molecule has 0 fully saturated rings. The summed E-state index contributed by atoms with van der Waals surface area (Å²) < 4.78 is 16.3. The fourth-order valence-electron chi connectivity index (χ4n) is 3.89. The van der Waals surface area contributed by atoms with Crippen molar-refractivity contribution in [1.82, 2.24) is 5.32 Å². The van der Waals surface area contributed by atoms with Crippen LogP contribution in [0, 0.1) is 0 Å². The number of carboxylic acids is 1. The first-order chi connectivity index (χ1) is 16.8. The molecule has 184 valence electrons. The average molecular weight is 518 g/mol. The number of benzene rings is 2. The van der Waals surface area contributed by atoms with Gasteiger partial charge in [0.15, 0.2) is 6.29 Å². The van der Waals surface area contributed by atoms with E-state index in [1.807, 2.05) is 18.2 Å². The highest BCUT2D eigenvalue weighted by molar-refractivity contribution is 6.32. The summed E-state index contributed by atoms with van der Waals surface area (Å²) in [4.78, 5) is 25.7. The highest BCUT2D eigenvalue weighted by Gasteiger charge is 2.40. The molecule has 3 rings (SSSR count). The number of rotatable bonds is 9. The van der Waals surface area contributed by atoms with Crippen molar-refractivity contribution in [1.29, 1.82) is 0 Å². The van der Waals surface area contributed by atoms with E-state index >= 15 is 0 Å². The summed E-state index contributed by atoms with van der Waals surface area (Å²) in [6, 6.07) is 13.9. The topological polar surface area (TPSA) is 94.1 Å². The second kappa shape index (κ2) is 12.0. The van der Waals surface area contributed by atoms with Gasteiger partial charge in [0, 0.05) is 30.0 Å². The Balaban J connectivity index is 2.03. The lowest BCUT2D eigenvalue weighted by molar-refractivity contribution is -0.139. The zero-order chi connectivity index (χ0) is 25.5. The lowest BCUT2D eigenvalue weighted by atomic mass is 9.80. The monoisotopic (exact) mass is 517 g/mol. The normalized spacial score (nSPS) is 16.1. The van der Waals surface area contributed by atoms with Gasteiger partial charge in [-0.3, -0.25) is 0 Å². The number of esters is 1. The number of ether oxygens (including phenoxy) is 3. The minimum atomic E-state index is -1.19. The van der Waals surface area contributed by atoms with Crippen molar-refractivity contribution >= 4 is 41.2 Å². The second-order valence-corrected chi connectivity index (χ2v) is 8.45. The Morgan fingerprint density at radius 2 is 1.80 bits per heavy atom. The van der Waals surface area contributed by atoms with Crippen LogP contribution in [0.15, 0.2) is 77.1 Å².